The lowest BCUT2D eigenvalue weighted by atomic mass is 10.2. The minimum atomic E-state index is -0.00608. The zero-order valence-electron chi connectivity index (χ0n) is 13.5. The summed E-state index contributed by atoms with van der Waals surface area (Å²) in [5, 5.41) is 6.05. The number of carbonyl (C=O) groups excluding carboxylic acids is 1. The van der Waals surface area contributed by atoms with Crippen LogP contribution in [0.4, 0.5) is 5.69 Å². The van der Waals surface area contributed by atoms with Gasteiger partial charge in [-0.3, -0.25) is 9.69 Å². The predicted molar refractivity (Wildman–Crippen MR) is 89.0 cm³/mol. The van der Waals surface area contributed by atoms with Crippen molar-refractivity contribution in [1.29, 1.82) is 0 Å². The number of amides is 1. The zero-order chi connectivity index (χ0) is 15.8. The van der Waals surface area contributed by atoms with E-state index < -0.39 is 0 Å². The summed E-state index contributed by atoms with van der Waals surface area (Å²) in [7, 11) is 0. The van der Waals surface area contributed by atoms with Crippen molar-refractivity contribution in [3.05, 3.63) is 30.3 Å². The maximum Gasteiger partial charge on any atom is 0.239 e. The summed E-state index contributed by atoms with van der Waals surface area (Å²) in [6, 6.07) is 9.73. The first-order valence-electron chi connectivity index (χ1n) is 8.03. The monoisotopic (exact) mass is 305 g/mol. The van der Waals surface area contributed by atoms with Crippen molar-refractivity contribution in [3.63, 3.8) is 0 Å². The molecule has 1 aliphatic heterocycles. The highest BCUT2D eigenvalue weighted by Gasteiger charge is 2.21. The molecule has 5 heteroatoms. The first kappa shape index (κ1) is 16.8. The molecule has 22 heavy (non-hydrogen) atoms. The highest BCUT2D eigenvalue weighted by atomic mass is 16.5. The molecule has 2 N–H and O–H groups in total. The third-order valence-corrected chi connectivity index (χ3v) is 3.60. The highest BCUT2D eigenvalue weighted by Crippen LogP contribution is 2.07. The number of rotatable bonds is 7. The Labute approximate surface area is 133 Å². The van der Waals surface area contributed by atoms with Gasteiger partial charge in [0.15, 0.2) is 0 Å². The molecule has 1 fully saturated rings. The quantitative estimate of drug-likeness (QED) is 0.803. The van der Waals surface area contributed by atoms with Crippen molar-refractivity contribution in [2.24, 2.45) is 5.92 Å². The van der Waals surface area contributed by atoms with Gasteiger partial charge in [-0.2, -0.15) is 0 Å². The van der Waals surface area contributed by atoms with Crippen molar-refractivity contribution >= 4 is 11.6 Å². The van der Waals surface area contributed by atoms with Gasteiger partial charge in [-0.05, 0) is 18.1 Å². The molecule has 5 nitrogen and oxygen atoms in total. The van der Waals surface area contributed by atoms with Gasteiger partial charge in [0.05, 0.1) is 19.3 Å². The summed E-state index contributed by atoms with van der Waals surface area (Å²) < 4.78 is 5.73. The van der Waals surface area contributed by atoms with E-state index >= 15 is 0 Å². The van der Waals surface area contributed by atoms with Gasteiger partial charge in [-0.15, -0.1) is 0 Å². The van der Waals surface area contributed by atoms with Crippen LogP contribution >= 0.6 is 0 Å². The van der Waals surface area contributed by atoms with E-state index in [1.54, 1.807) is 0 Å². The lowest BCUT2D eigenvalue weighted by molar-refractivity contribution is -0.120. The molecular formula is C17H27N3O2. The molecule has 1 aromatic rings. The van der Waals surface area contributed by atoms with Crippen LogP contribution in [-0.4, -0.2) is 56.2 Å². The molecule has 122 valence electrons. The van der Waals surface area contributed by atoms with Crippen LogP contribution < -0.4 is 10.6 Å². The van der Waals surface area contributed by atoms with E-state index in [-0.39, 0.29) is 18.6 Å². The Morgan fingerprint density at radius 2 is 2.14 bits per heavy atom. The van der Waals surface area contributed by atoms with E-state index in [2.05, 4.69) is 29.4 Å². The molecule has 0 radical (unpaired) electrons. The lowest BCUT2D eigenvalue weighted by Crippen LogP contribution is -2.48. The smallest absolute Gasteiger partial charge is 0.239 e. The zero-order valence-corrected chi connectivity index (χ0v) is 13.5. The second-order valence-corrected chi connectivity index (χ2v) is 6.17. The Balaban J connectivity index is 1.65. The Morgan fingerprint density at radius 1 is 1.36 bits per heavy atom. The fraction of sp³-hybridized carbons (Fsp3) is 0.588. The van der Waals surface area contributed by atoms with E-state index in [4.69, 9.17) is 4.74 Å². The fourth-order valence-electron chi connectivity index (χ4n) is 2.61. The number of ether oxygens (including phenoxy) is 1. The van der Waals surface area contributed by atoms with Crippen molar-refractivity contribution < 1.29 is 9.53 Å². The van der Waals surface area contributed by atoms with Gasteiger partial charge in [0.25, 0.3) is 0 Å². The van der Waals surface area contributed by atoms with Crippen molar-refractivity contribution in [3.8, 4) is 0 Å². The average molecular weight is 305 g/mol. The largest absolute Gasteiger partial charge is 0.376 e. The van der Waals surface area contributed by atoms with Crippen molar-refractivity contribution in [1.82, 2.24) is 10.2 Å². The summed E-state index contributed by atoms with van der Waals surface area (Å²) in [6.45, 7) is 9.01. The average Bonchev–Trinajstić information content (AvgIpc) is 2.52. The molecular weight excluding hydrogens is 278 g/mol. The molecule has 1 aliphatic rings. The second kappa shape index (κ2) is 8.76. The van der Waals surface area contributed by atoms with Crippen LogP contribution in [0.25, 0.3) is 0 Å². The maximum absolute atomic E-state index is 11.9. The number of anilines is 1. The van der Waals surface area contributed by atoms with E-state index in [1.165, 1.54) is 0 Å². The van der Waals surface area contributed by atoms with Crippen LogP contribution in [0, 0.1) is 5.92 Å². The third kappa shape index (κ3) is 6.03. The Kier molecular flexibility index (Phi) is 6.68. The minimum Gasteiger partial charge on any atom is -0.376 e. The van der Waals surface area contributed by atoms with Gasteiger partial charge >= 0.3 is 0 Å². The number of morpholine rings is 1. The van der Waals surface area contributed by atoms with Crippen LogP contribution in [-0.2, 0) is 9.53 Å². The van der Waals surface area contributed by atoms with Crippen molar-refractivity contribution in [2.45, 2.75) is 20.0 Å². The van der Waals surface area contributed by atoms with E-state index in [0.717, 1.165) is 31.9 Å². The van der Waals surface area contributed by atoms with Crippen LogP contribution in [0.3, 0.4) is 0 Å². The highest BCUT2D eigenvalue weighted by molar-refractivity contribution is 5.80. The number of para-hydroxylation sites is 1. The van der Waals surface area contributed by atoms with Crippen LogP contribution in [0.15, 0.2) is 30.3 Å². The number of hydrogen-bond acceptors (Lipinski definition) is 4. The summed E-state index contributed by atoms with van der Waals surface area (Å²) in [6.07, 6.45) is 0.0909. The third-order valence-electron chi connectivity index (χ3n) is 3.60. The number of nitrogens with zero attached hydrogens (tertiary/aromatic N) is 1. The van der Waals surface area contributed by atoms with Crippen LogP contribution in [0.5, 0.6) is 0 Å². The summed E-state index contributed by atoms with van der Waals surface area (Å²) in [4.78, 5) is 14.3. The Bertz CT molecular complexity index is 450. The summed E-state index contributed by atoms with van der Waals surface area (Å²) >= 11 is 0. The topological polar surface area (TPSA) is 53.6 Å². The standard InChI is InChI=1S/C17H27N3O2/c1-14(2)12-20-8-9-22-16(13-20)10-19-17(21)11-18-15-6-4-3-5-7-15/h3-7,14,16,18H,8-13H2,1-2H3,(H,19,21). The predicted octanol–water partition coefficient (Wildman–Crippen LogP) is 1.57. The Hall–Kier alpha value is -1.59. The fourth-order valence-corrected chi connectivity index (χ4v) is 2.61. The first-order valence-corrected chi connectivity index (χ1v) is 8.03. The van der Waals surface area contributed by atoms with E-state index in [1.807, 2.05) is 30.3 Å². The number of nitrogens with one attached hydrogen (secondary N) is 2. The van der Waals surface area contributed by atoms with Gasteiger partial charge in [0.1, 0.15) is 0 Å². The SMILES string of the molecule is CC(C)CN1CCOC(CNC(=O)CNc2ccccc2)C1. The lowest BCUT2D eigenvalue weighted by Gasteiger charge is -2.33. The molecule has 1 unspecified atom stereocenters. The van der Waals surface area contributed by atoms with E-state index in [9.17, 15) is 4.79 Å². The molecule has 1 atom stereocenters. The number of carbonyl (C=O) groups is 1. The molecule has 0 spiro atoms. The van der Waals surface area contributed by atoms with Gasteiger partial charge in [0.2, 0.25) is 5.91 Å². The number of benzene rings is 1. The molecule has 0 aromatic heterocycles. The molecule has 1 saturated heterocycles. The molecule has 0 saturated carbocycles. The van der Waals surface area contributed by atoms with E-state index in [0.29, 0.717) is 12.5 Å². The first-order chi connectivity index (χ1) is 10.6. The van der Waals surface area contributed by atoms with Gasteiger partial charge in [-0.25, -0.2) is 0 Å². The van der Waals surface area contributed by atoms with Gasteiger partial charge in [0, 0.05) is 31.9 Å². The van der Waals surface area contributed by atoms with Gasteiger partial charge in [-0.1, -0.05) is 32.0 Å². The molecule has 2 rings (SSSR count). The normalized spacial score (nSPS) is 19.1. The molecule has 0 bridgehead atoms. The summed E-state index contributed by atoms with van der Waals surface area (Å²) in [5.41, 5.74) is 0.953. The van der Waals surface area contributed by atoms with Crippen LogP contribution in [0.2, 0.25) is 0 Å². The summed E-state index contributed by atoms with van der Waals surface area (Å²) in [5.74, 6) is 0.650. The number of hydrogen-bond donors (Lipinski definition) is 2. The van der Waals surface area contributed by atoms with Crippen LogP contribution in [0.1, 0.15) is 13.8 Å². The Morgan fingerprint density at radius 3 is 2.86 bits per heavy atom. The van der Waals surface area contributed by atoms with Gasteiger partial charge < -0.3 is 15.4 Å². The molecule has 0 aliphatic carbocycles. The maximum atomic E-state index is 11.9. The van der Waals surface area contributed by atoms with Crippen molar-refractivity contribution in [2.75, 3.05) is 44.6 Å². The molecule has 1 amide bonds. The minimum absolute atomic E-state index is 0.00608. The molecule has 1 heterocycles. The second-order valence-electron chi connectivity index (χ2n) is 6.17. The molecule has 1 aromatic carbocycles.